The number of carbonyl (C=O) groups excluding carboxylic acids is 1. The van der Waals surface area contributed by atoms with Gasteiger partial charge in [-0.15, -0.1) is 0 Å². The summed E-state index contributed by atoms with van der Waals surface area (Å²) in [5.74, 6) is 0.594. The molecule has 7 heteroatoms. The van der Waals surface area contributed by atoms with E-state index in [0.29, 0.717) is 18.8 Å². The molecule has 1 aliphatic rings. The molecule has 0 fully saturated rings. The monoisotopic (exact) mass is 567 g/mol. The summed E-state index contributed by atoms with van der Waals surface area (Å²) >= 11 is 0. The van der Waals surface area contributed by atoms with Crippen LogP contribution in [0.15, 0.2) is 78.1 Å². The molecule has 3 N–H and O–H groups in total. The molecule has 0 saturated heterocycles. The van der Waals surface area contributed by atoms with Crippen LogP contribution in [0.1, 0.15) is 50.8 Å². The molecule has 1 amide bonds. The zero-order valence-corrected chi connectivity index (χ0v) is 25.9. The standard InChI is InChI=1S/C35H45N5O2/c1-8-25-13-14-27(35(3,4)5)21-32(25)39-24(2)38-31-16-15-28(29-11-9-10-12-30(29)31)26-17-19-37-34(41)33(18-20-40(6)7)42-23-36-22-26/h9-17,21-22,33,38-39H,2,8,18-20,23H2,1,3-7H3,(H,37,41)/b26-17+,36-22-. The van der Waals surface area contributed by atoms with E-state index in [1.54, 1.807) is 0 Å². The van der Waals surface area contributed by atoms with Gasteiger partial charge < -0.3 is 25.6 Å². The minimum atomic E-state index is -0.517. The van der Waals surface area contributed by atoms with E-state index in [4.69, 9.17) is 4.74 Å². The number of nitrogens with zero attached hydrogens (tertiary/aromatic N) is 2. The first kappa shape index (κ1) is 31.0. The number of hydrogen-bond acceptors (Lipinski definition) is 6. The van der Waals surface area contributed by atoms with Crippen LogP contribution in [0.4, 0.5) is 11.4 Å². The quantitative estimate of drug-likeness (QED) is 0.273. The van der Waals surface area contributed by atoms with E-state index in [0.717, 1.165) is 46.2 Å². The van der Waals surface area contributed by atoms with Gasteiger partial charge in [0.05, 0.1) is 0 Å². The summed E-state index contributed by atoms with van der Waals surface area (Å²) in [5.41, 5.74) is 6.55. The van der Waals surface area contributed by atoms with Crippen LogP contribution in [0.2, 0.25) is 0 Å². The molecule has 0 saturated carbocycles. The van der Waals surface area contributed by atoms with E-state index in [1.807, 2.05) is 43.4 Å². The maximum atomic E-state index is 12.7. The Hall–Kier alpha value is -3.94. The van der Waals surface area contributed by atoms with Crippen molar-refractivity contribution < 1.29 is 9.53 Å². The van der Waals surface area contributed by atoms with E-state index in [-0.39, 0.29) is 18.1 Å². The average Bonchev–Trinajstić information content (AvgIpc) is 2.95. The van der Waals surface area contributed by atoms with Gasteiger partial charge in [-0.1, -0.05) is 82.8 Å². The maximum absolute atomic E-state index is 12.7. The number of aryl methyl sites for hydroxylation is 1. The smallest absolute Gasteiger partial charge is 0.249 e. The summed E-state index contributed by atoms with van der Waals surface area (Å²) in [6, 6.07) is 19.1. The van der Waals surface area contributed by atoms with Crippen LogP contribution < -0.4 is 16.0 Å². The predicted octanol–water partition coefficient (Wildman–Crippen LogP) is 6.57. The van der Waals surface area contributed by atoms with Gasteiger partial charge in [-0.25, -0.2) is 0 Å². The van der Waals surface area contributed by atoms with Crippen LogP contribution in [0, 0.1) is 0 Å². The topological polar surface area (TPSA) is 78.0 Å². The highest BCUT2D eigenvalue weighted by Crippen LogP contribution is 2.32. The number of carbonyl (C=O) groups is 1. The highest BCUT2D eigenvalue weighted by Gasteiger charge is 2.20. The zero-order chi connectivity index (χ0) is 30.3. The molecular weight excluding hydrogens is 522 g/mol. The third-order valence-electron chi connectivity index (χ3n) is 7.47. The fourth-order valence-electron chi connectivity index (χ4n) is 5.03. The number of allylic oxidation sites excluding steroid dienone is 1. The SMILES string of the molecule is C=C(Nc1cc(C(C)(C)C)ccc1CC)Nc1ccc(C2=C/CNC(=O)C(CCN(C)C)OC/N=C\2)c2ccccc12. The fraction of sp³-hybridized carbons (Fsp3) is 0.371. The van der Waals surface area contributed by atoms with Gasteiger partial charge in [-0.2, -0.15) is 0 Å². The lowest BCUT2D eigenvalue weighted by Crippen LogP contribution is -2.38. The molecular formula is C35H45N5O2. The van der Waals surface area contributed by atoms with Crippen molar-refractivity contribution in [2.75, 3.05) is 44.5 Å². The molecule has 1 atom stereocenters. The van der Waals surface area contributed by atoms with Crippen LogP contribution >= 0.6 is 0 Å². The zero-order valence-electron chi connectivity index (χ0n) is 25.9. The van der Waals surface area contributed by atoms with Crippen LogP contribution in [-0.4, -0.2) is 57.0 Å². The third kappa shape index (κ3) is 7.87. The summed E-state index contributed by atoms with van der Waals surface area (Å²) in [5, 5.41) is 12.2. The van der Waals surface area contributed by atoms with Gasteiger partial charge in [0.2, 0.25) is 5.91 Å². The van der Waals surface area contributed by atoms with Crippen molar-refractivity contribution in [3.05, 3.63) is 89.8 Å². The van der Waals surface area contributed by atoms with Crippen LogP contribution in [0.5, 0.6) is 0 Å². The van der Waals surface area contributed by atoms with Gasteiger partial charge in [0.15, 0.2) is 0 Å². The Balaban J connectivity index is 1.56. The Morgan fingerprint density at radius 3 is 2.52 bits per heavy atom. The first-order valence-corrected chi connectivity index (χ1v) is 14.7. The number of rotatable bonds is 9. The van der Waals surface area contributed by atoms with E-state index in [1.165, 1.54) is 11.1 Å². The largest absolute Gasteiger partial charge is 0.350 e. The van der Waals surface area contributed by atoms with Gasteiger partial charge in [0.25, 0.3) is 0 Å². The van der Waals surface area contributed by atoms with Crippen LogP contribution in [0.3, 0.4) is 0 Å². The molecule has 3 aromatic carbocycles. The number of anilines is 2. The number of nitrogens with one attached hydrogen (secondary N) is 3. The first-order valence-electron chi connectivity index (χ1n) is 14.7. The second-order valence-electron chi connectivity index (χ2n) is 12.0. The average molecular weight is 568 g/mol. The van der Waals surface area contributed by atoms with Gasteiger partial charge in [0, 0.05) is 36.1 Å². The van der Waals surface area contributed by atoms with Crippen molar-refractivity contribution >= 4 is 39.8 Å². The van der Waals surface area contributed by atoms with Gasteiger partial charge >= 0.3 is 0 Å². The second kappa shape index (κ2) is 13.8. The Labute approximate surface area is 250 Å². The molecule has 0 bridgehead atoms. The number of ether oxygens (including phenoxy) is 1. The minimum absolute atomic E-state index is 0.0549. The molecule has 1 heterocycles. The number of hydrogen-bond donors (Lipinski definition) is 3. The molecule has 0 radical (unpaired) electrons. The normalized spacial score (nSPS) is 18.2. The number of benzene rings is 3. The molecule has 222 valence electrons. The molecule has 4 rings (SSSR count). The fourth-order valence-corrected chi connectivity index (χ4v) is 5.03. The van der Waals surface area contributed by atoms with Gasteiger partial charge in [-0.05, 0) is 72.1 Å². The third-order valence-corrected chi connectivity index (χ3v) is 7.47. The van der Waals surface area contributed by atoms with Crippen molar-refractivity contribution in [3.63, 3.8) is 0 Å². The van der Waals surface area contributed by atoms with Crippen molar-refractivity contribution in [3.8, 4) is 0 Å². The van der Waals surface area contributed by atoms with Gasteiger partial charge in [-0.3, -0.25) is 9.79 Å². The first-order chi connectivity index (χ1) is 20.1. The van der Waals surface area contributed by atoms with Crippen LogP contribution in [-0.2, 0) is 21.4 Å². The van der Waals surface area contributed by atoms with E-state index in [2.05, 4.69) is 97.7 Å². The maximum Gasteiger partial charge on any atom is 0.249 e. The van der Waals surface area contributed by atoms with E-state index >= 15 is 0 Å². The molecule has 0 aromatic heterocycles. The minimum Gasteiger partial charge on any atom is -0.350 e. The van der Waals surface area contributed by atoms with Crippen molar-refractivity contribution in [1.29, 1.82) is 0 Å². The lowest BCUT2D eigenvalue weighted by Gasteiger charge is -2.23. The lowest BCUT2D eigenvalue weighted by atomic mass is 9.86. The molecule has 3 aromatic rings. The van der Waals surface area contributed by atoms with Crippen molar-refractivity contribution in [1.82, 2.24) is 10.2 Å². The van der Waals surface area contributed by atoms with Gasteiger partial charge in [0.1, 0.15) is 18.7 Å². The summed E-state index contributed by atoms with van der Waals surface area (Å²) in [6.07, 6.45) is 4.88. The van der Waals surface area contributed by atoms with Crippen molar-refractivity contribution in [2.45, 2.75) is 52.1 Å². The van der Waals surface area contributed by atoms with E-state index < -0.39 is 6.10 Å². The lowest BCUT2D eigenvalue weighted by molar-refractivity contribution is -0.133. The van der Waals surface area contributed by atoms with E-state index in [9.17, 15) is 4.79 Å². The Morgan fingerprint density at radius 2 is 1.81 bits per heavy atom. The second-order valence-corrected chi connectivity index (χ2v) is 12.0. The number of fused-ring (bicyclic) bond motifs is 1. The molecule has 0 spiro atoms. The highest BCUT2D eigenvalue weighted by molar-refractivity contribution is 6.16. The molecule has 0 aliphatic carbocycles. The summed E-state index contributed by atoms with van der Waals surface area (Å²) in [6.45, 7) is 14.4. The Morgan fingerprint density at radius 1 is 1.07 bits per heavy atom. The molecule has 7 nitrogen and oxygen atoms in total. The Kier molecular flexibility index (Phi) is 10.2. The Bertz CT molecular complexity index is 1480. The molecule has 1 aliphatic heterocycles. The van der Waals surface area contributed by atoms with Crippen molar-refractivity contribution in [2.24, 2.45) is 4.99 Å². The highest BCUT2D eigenvalue weighted by atomic mass is 16.5. The van der Waals surface area contributed by atoms with Crippen LogP contribution in [0.25, 0.3) is 16.3 Å². The molecule has 1 unspecified atom stereocenters. The number of aliphatic imine (C=N–C) groups is 1. The number of amides is 1. The predicted molar refractivity (Wildman–Crippen MR) is 177 cm³/mol. The summed E-state index contributed by atoms with van der Waals surface area (Å²) in [7, 11) is 3.97. The molecule has 42 heavy (non-hydrogen) atoms. The summed E-state index contributed by atoms with van der Waals surface area (Å²) in [4.78, 5) is 19.3. The summed E-state index contributed by atoms with van der Waals surface area (Å²) < 4.78 is 5.82.